The highest BCUT2D eigenvalue weighted by Crippen LogP contribution is 2.49. The van der Waals surface area contributed by atoms with E-state index in [9.17, 15) is 0 Å². The molecule has 0 aromatic heterocycles. The fourth-order valence-electron chi connectivity index (χ4n) is 3.90. The Morgan fingerprint density at radius 3 is 1.41 bits per heavy atom. The minimum atomic E-state index is 0.589. The van der Waals surface area contributed by atoms with Crippen LogP contribution < -0.4 is 9.47 Å². The summed E-state index contributed by atoms with van der Waals surface area (Å²) in [6.07, 6.45) is 2.48. The molecule has 0 N–H and O–H groups in total. The number of rotatable bonds is 0. The molecule has 0 saturated heterocycles. The summed E-state index contributed by atoms with van der Waals surface area (Å²) in [6, 6.07) is 17.2. The van der Waals surface area contributed by atoms with Gasteiger partial charge in [0.2, 0.25) is 0 Å². The number of benzene rings is 2. The Balaban J connectivity index is 1.39. The van der Waals surface area contributed by atoms with Crippen molar-refractivity contribution in [2.45, 2.75) is 24.7 Å². The third kappa shape index (κ3) is 5.91. The van der Waals surface area contributed by atoms with Gasteiger partial charge in [-0.15, -0.1) is 0 Å². The molecule has 0 spiro atoms. The molecule has 0 amide bonds. The van der Waals surface area contributed by atoms with Gasteiger partial charge in [0.25, 0.3) is 0 Å². The van der Waals surface area contributed by atoms with Gasteiger partial charge in [-0.3, -0.25) is 0 Å². The molecule has 29 heavy (non-hydrogen) atoms. The van der Waals surface area contributed by atoms with Gasteiger partial charge in [0.05, 0.1) is 26.4 Å². The Labute approximate surface area is 177 Å². The second-order valence-corrected chi connectivity index (χ2v) is 8.69. The molecule has 4 aliphatic rings. The Morgan fingerprint density at radius 1 is 0.552 bits per heavy atom. The molecular formula is C24H30O4S. The third-order valence-corrected chi connectivity index (χ3v) is 6.54. The van der Waals surface area contributed by atoms with E-state index in [-0.39, 0.29) is 0 Å². The zero-order chi connectivity index (χ0) is 19.7. The largest absolute Gasteiger partial charge is 0.491 e. The number of hydrogen-bond acceptors (Lipinski definition) is 5. The Bertz CT molecular complexity index is 668. The predicted molar refractivity (Wildman–Crippen MR) is 118 cm³/mol. The van der Waals surface area contributed by atoms with Gasteiger partial charge in [0.15, 0.2) is 0 Å². The Kier molecular flexibility index (Phi) is 7.74. The van der Waals surface area contributed by atoms with Crippen LogP contribution in [-0.4, -0.2) is 51.1 Å². The summed E-state index contributed by atoms with van der Waals surface area (Å²) in [4.78, 5) is 0. The van der Waals surface area contributed by atoms with Gasteiger partial charge in [0.1, 0.15) is 24.7 Å². The topological polar surface area (TPSA) is 36.9 Å². The minimum Gasteiger partial charge on any atom is -0.491 e. The molecule has 6 rings (SSSR count). The highest BCUT2D eigenvalue weighted by molar-refractivity contribution is 7.99. The average molecular weight is 415 g/mol. The highest BCUT2D eigenvalue weighted by Gasteiger charge is 2.33. The predicted octanol–water partition coefficient (Wildman–Crippen LogP) is 4.89. The summed E-state index contributed by atoms with van der Waals surface area (Å²) >= 11 is 1.85. The molecule has 5 heteroatoms. The molecule has 0 radical (unpaired) electrons. The smallest absolute Gasteiger partial charge is 0.119 e. The molecule has 2 atom stereocenters. The van der Waals surface area contributed by atoms with Crippen LogP contribution in [0.15, 0.2) is 48.5 Å². The van der Waals surface area contributed by atoms with Gasteiger partial charge in [0, 0.05) is 11.5 Å². The summed E-state index contributed by atoms with van der Waals surface area (Å²) in [6.45, 7) is 3.91. The quantitative estimate of drug-likeness (QED) is 0.614. The fraction of sp³-hybridized carbons (Fsp3) is 0.500. The van der Waals surface area contributed by atoms with Crippen LogP contribution in [0.25, 0.3) is 0 Å². The van der Waals surface area contributed by atoms with Crippen molar-refractivity contribution >= 4 is 11.8 Å². The van der Waals surface area contributed by atoms with Crippen LogP contribution >= 0.6 is 11.8 Å². The standard InChI is InChI=1S/C24H30O4S/c1-5-21-6-2-19(1)23-9-10-24(23)20-3-7-22(8-4-20)28-14-12-26-16-18-29-17-15-25-11-13-27-21/h1-8,23-24H,9-18H2. The molecular weight excluding hydrogens is 384 g/mol. The van der Waals surface area contributed by atoms with E-state index in [4.69, 9.17) is 18.9 Å². The minimum absolute atomic E-state index is 0.589. The van der Waals surface area contributed by atoms with Crippen molar-refractivity contribution in [2.75, 3.05) is 51.1 Å². The van der Waals surface area contributed by atoms with Gasteiger partial charge < -0.3 is 18.9 Å². The number of hydrogen-bond donors (Lipinski definition) is 0. The van der Waals surface area contributed by atoms with Crippen LogP contribution in [0.4, 0.5) is 0 Å². The lowest BCUT2D eigenvalue weighted by molar-refractivity contribution is 0.110. The second-order valence-electron chi connectivity index (χ2n) is 7.46. The van der Waals surface area contributed by atoms with Crippen molar-refractivity contribution in [3.8, 4) is 11.5 Å². The second kappa shape index (κ2) is 10.9. The monoisotopic (exact) mass is 414 g/mol. The molecule has 1 fully saturated rings. The van der Waals surface area contributed by atoms with Crippen molar-refractivity contribution in [3.63, 3.8) is 0 Å². The van der Waals surface area contributed by atoms with Crippen molar-refractivity contribution in [3.05, 3.63) is 59.7 Å². The third-order valence-electron chi connectivity index (χ3n) is 5.63. The van der Waals surface area contributed by atoms with E-state index in [1.165, 1.54) is 24.0 Å². The van der Waals surface area contributed by atoms with Crippen LogP contribution in [0.3, 0.4) is 0 Å². The van der Waals surface area contributed by atoms with E-state index in [2.05, 4.69) is 48.5 Å². The van der Waals surface area contributed by atoms with Crippen molar-refractivity contribution in [1.82, 2.24) is 0 Å². The average Bonchev–Trinajstić information content (AvgIpc) is 2.72. The molecule has 2 aromatic carbocycles. The highest BCUT2D eigenvalue weighted by atomic mass is 32.2. The number of thioether (sulfide) groups is 1. The molecule has 3 aliphatic heterocycles. The molecule has 1 aliphatic carbocycles. The summed E-state index contributed by atoms with van der Waals surface area (Å²) < 4.78 is 22.9. The van der Waals surface area contributed by atoms with E-state index in [1.54, 1.807) is 0 Å². The zero-order valence-electron chi connectivity index (χ0n) is 16.9. The first-order valence-electron chi connectivity index (χ1n) is 10.6. The summed E-state index contributed by atoms with van der Waals surface area (Å²) in [7, 11) is 0. The van der Waals surface area contributed by atoms with Crippen LogP contribution in [0.1, 0.15) is 35.8 Å². The molecule has 1 saturated carbocycles. The Hall–Kier alpha value is -1.69. The van der Waals surface area contributed by atoms with Crippen LogP contribution in [0.2, 0.25) is 0 Å². The van der Waals surface area contributed by atoms with Crippen LogP contribution in [0, 0.1) is 0 Å². The Morgan fingerprint density at radius 2 is 1.00 bits per heavy atom. The molecule has 156 valence electrons. The summed E-state index contributed by atoms with van der Waals surface area (Å²) in [5, 5.41) is 0. The molecule has 4 bridgehead atoms. The number of ether oxygens (including phenoxy) is 4. The van der Waals surface area contributed by atoms with E-state index in [0.717, 1.165) is 36.2 Å². The van der Waals surface area contributed by atoms with E-state index < -0.39 is 0 Å². The first-order chi connectivity index (χ1) is 14.4. The van der Waals surface area contributed by atoms with Crippen LogP contribution in [-0.2, 0) is 9.47 Å². The van der Waals surface area contributed by atoms with E-state index >= 15 is 0 Å². The van der Waals surface area contributed by atoms with Gasteiger partial charge >= 0.3 is 0 Å². The number of fused-ring (bicyclic) bond motifs is 2. The SMILES string of the molecule is c1cc2ccc1OCCOCCSCCOCCOc1ccc(cc1)C1CCC21. The van der Waals surface area contributed by atoms with Crippen LogP contribution in [0.5, 0.6) is 11.5 Å². The van der Waals surface area contributed by atoms with E-state index in [1.807, 2.05) is 11.8 Å². The lowest BCUT2D eigenvalue weighted by Gasteiger charge is -2.37. The molecule has 2 aromatic rings. The van der Waals surface area contributed by atoms with Gasteiger partial charge in [-0.1, -0.05) is 24.3 Å². The lowest BCUT2D eigenvalue weighted by Crippen LogP contribution is -2.21. The lowest BCUT2D eigenvalue weighted by atomic mass is 9.67. The summed E-state index contributed by atoms with van der Waals surface area (Å²) in [5.74, 6) is 4.96. The van der Waals surface area contributed by atoms with Crippen molar-refractivity contribution in [1.29, 1.82) is 0 Å². The molecule has 3 heterocycles. The fourth-order valence-corrected chi connectivity index (χ4v) is 4.57. The van der Waals surface area contributed by atoms with Crippen molar-refractivity contribution in [2.24, 2.45) is 0 Å². The maximum Gasteiger partial charge on any atom is 0.119 e. The summed E-state index contributed by atoms with van der Waals surface area (Å²) in [5.41, 5.74) is 2.80. The van der Waals surface area contributed by atoms with Gasteiger partial charge in [-0.25, -0.2) is 0 Å². The van der Waals surface area contributed by atoms with E-state index in [0.29, 0.717) is 38.3 Å². The normalized spacial score (nSPS) is 24.0. The zero-order valence-corrected chi connectivity index (χ0v) is 17.7. The first kappa shape index (κ1) is 20.6. The maximum absolute atomic E-state index is 5.82. The van der Waals surface area contributed by atoms with Crippen molar-refractivity contribution < 1.29 is 18.9 Å². The maximum atomic E-state index is 5.82. The van der Waals surface area contributed by atoms with Gasteiger partial charge in [-0.2, -0.15) is 11.8 Å². The molecule has 2 unspecified atom stereocenters. The first-order valence-corrected chi connectivity index (χ1v) is 11.7. The molecule has 4 nitrogen and oxygen atoms in total. The van der Waals surface area contributed by atoms with Gasteiger partial charge in [-0.05, 0) is 60.1 Å².